The minimum atomic E-state index is -8.61. The van der Waals surface area contributed by atoms with E-state index in [0.29, 0.717) is 32.1 Å². The van der Waals surface area contributed by atoms with Crippen LogP contribution in [0.15, 0.2) is 12.2 Å². The smallest absolute Gasteiger partial charge is 0.396 e. The van der Waals surface area contributed by atoms with Crippen LogP contribution >= 0.6 is 0 Å². The van der Waals surface area contributed by atoms with Crippen LogP contribution in [0, 0.1) is 0 Å². The zero-order valence-corrected chi connectivity index (χ0v) is 18.4. The van der Waals surface area contributed by atoms with E-state index in [1.807, 2.05) is 0 Å². The van der Waals surface area contributed by atoms with Gasteiger partial charge in [0.25, 0.3) is 0 Å². The second-order valence-electron chi connectivity index (χ2n) is 7.96. The standard InChI is InChI=1S/C19H21F17O/c20-12(21,10-8-6-4-2-1-3-5-7-9-11-37)13(22,23)14(24,25)15(26,27)16(28,29)17(30,31)18(32,33)19(34,35)36/h8,10,37H,1-7,9,11H2. The van der Waals surface area contributed by atoms with Crippen molar-refractivity contribution in [2.24, 2.45) is 0 Å². The predicted molar refractivity (Wildman–Crippen MR) is 93.8 cm³/mol. The van der Waals surface area contributed by atoms with Gasteiger partial charge in [0, 0.05) is 6.61 Å². The Morgan fingerprint density at radius 1 is 0.405 bits per heavy atom. The molecule has 0 spiro atoms. The summed E-state index contributed by atoms with van der Waals surface area (Å²) >= 11 is 0. The number of aliphatic hydroxyl groups is 1. The molecule has 0 aliphatic heterocycles. The maximum atomic E-state index is 13.7. The number of hydrogen-bond donors (Lipinski definition) is 1. The Kier molecular flexibility index (Phi) is 11.2. The first-order chi connectivity index (χ1) is 16.3. The lowest BCUT2D eigenvalue weighted by molar-refractivity contribution is -0.459. The summed E-state index contributed by atoms with van der Waals surface area (Å²) in [7, 11) is 0. The van der Waals surface area contributed by atoms with Crippen LogP contribution in [0.2, 0.25) is 0 Å². The van der Waals surface area contributed by atoms with Gasteiger partial charge in [-0.2, -0.15) is 74.6 Å². The van der Waals surface area contributed by atoms with Crippen molar-refractivity contribution in [3.05, 3.63) is 12.2 Å². The molecule has 18 heteroatoms. The average Bonchev–Trinajstić information content (AvgIpc) is 2.73. The van der Waals surface area contributed by atoms with Gasteiger partial charge in [-0.15, -0.1) is 0 Å². The first-order valence-corrected chi connectivity index (χ1v) is 10.3. The van der Waals surface area contributed by atoms with E-state index in [1.54, 1.807) is 0 Å². The van der Waals surface area contributed by atoms with Crippen LogP contribution in [0.3, 0.4) is 0 Å². The van der Waals surface area contributed by atoms with Crippen LogP contribution in [0.5, 0.6) is 0 Å². The molecule has 0 saturated heterocycles. The van der Waals surface area contributed by atoms with Gasteiger partial charge in [-0.05, 0) is 25.3 Å². The highest BCUT2D eigenvalue weighted by atomic mass is 19.4. The predicted octanol–water partition coefficient (Wildman–Crippen LogP) is 8.67. The van der Waals surface area contributed by atoms with Gasteiger partial charge in [0.15, 0.2) is 0 Å². The van der Waals surface area contributed by atoms with Gasteiger partial charge in [-0.1, -0.05) is 38.2 Å². The second kappa shape index (κ2) is 11.7. The van der Waals surface area contributed by atoms with E-state index in [9.17, 15) is 74.6 Å². The third kappa shape index (κ3) is 6.57. The Labute approximate surface area is 198 Å². The third-order valence-corrected chi connectivity index (χ3v) is 5.10. The van der Waals surface area contributed by atoms with Gasteiger partial charge in [0.1, 0.15) is 0 Å². The van der Waals surface area contributed by atoms with Crippen LogP contribution < -0.4 is 0 Å². The highest BCUT2D eigenvalue weighted by Gasteiger charge is 2.95. The molecule has 0 radical (unpaired) electrons. The topological polar surface area (TPSA) is 20.2 Å². The molecule has 1 N–H and O–H groups in total. The van der Waals surface area contributed by atoms with Gasteiger partial charge < -0.3 is 5.11 Å². The lowest BCUT2D eigenvalue weighted by Gasteiger charge is -2.42. The zero-order valence-electron chi connectivity index (χ0n) is 18.4. The zero-order chi connectivity index (χ0) is 29.8. The summed E-state index contributed by atoms with van der Waals surface area (Å²) < 4.78 is 223. The molecule has 37 heavy (non-hydrogen) atoms. The Balaban J connectivity index is 5.76. The van der Waals surface area contributed by atoms with E-state index < -0.39 is 60.1 Å². The SMILES string of the molecule is OCCCCCCCCCC=CC(F)(F)C(F)(F)C(F)(F)C(F)(F)C(F)(F)C(F)(F)C(F)(F)C(F)(F)F. The highest BCUT2D eigenvalue weighted by molar-refractivity contribution is 5.17. The van der Waals surface area contributed by atoms with E-state index in [2.05, 4.69) is 0 Å². The lowest BCUT2D eigenvalue weighted by atomic mass is 9.89. The van der Waals surface area contributed by atoms with Crippen molar-refractivity contribution in [3.8, 4) is 0 Å². The number of alkyl halides is 17. The minimum absolute atomic E-state index is 0.0402. The number of unbranched alkanes of at least 4 members (excludes halogenated alkanes) is 7. The first kappa shape index (κ1) is 35.5. The van der Waals surface area contributed by atoms with Gasteiger partial charge in [0.2, 0.25) is 0 Å². The van der Waals surface area contributed by atoms with E-state index in [4.69, 9.17) is 5.11 Å². The molecule has 0 heterocycles. The monoisotopic (exact) mass is 588 g/mol. The van der Waals surface area contributed by atoms with Gasteiger partial charge in [-0.25, -0.2) is 0 Å². The van der Waals surface area contributed by atoms with Crippen molar-refractivity contribution in [1.29, 1.82) is 0 Å². The molecule has 0 unspecified atom stereocenters. The average molecular weight is 588 g/mol. The van der Waals surface area contributed by atoms with Crippen LogP contribution in [-0.4, -0.2) is 59.3 Å². The van der Waals surface area contributed by atoms with Gasteiger partial charge in [0.05, 0.1) is 0 Å². The van der Waals surface area contributed by atoms with E-state index in [-0.39, 0.29) is 25.5 Å². The maximum absolute atomic E-state index is 13.7. The van der Waals surface area contributed by atoms with Gasteiger partial charge in [-0.3, -0.25) is 0 Å². The molecule has 0 rings (SSSR count). The minimum Gasteiger partial charge on any atom is -0.396 e. The molecule has 0 atom stereocenters. The molecule has 0 aromatic carbocycles. The van der Waals surface area contributed by atoms with Crippen LogP contribution in [-0.2, 0) is 0 Å². The fourth-order valence-corrected chi connectivity index (χ4v) is 2.77. The normalized spacial score (nSPS) is 15.6. The Hall–Kier alpha value is -1.49. The quantitative estimate of drug-likeness (QED) is 0.109. The van der Waals surface area contributed by atoms with E-state index in [1.165, 1.54) is 0 Å². The molecular weight excluding hydrogens is 567 g/mol. The molecule has 0 aromatic heterocycles. The summed E-state index contributed by atoms with van der Waals surface area (Å²) in [6.07, 6.45) is -6.24. The summed E-state index contributed by atoms with van der Waals surface area (Å²) in [5.74, 6) is -56.2. The van der Waals surface area contributed by atoms with Crippen LogP contribution in [0.25, 0.3) is 0 Å². The molecular formula is C19H21F17O. The van der Waals surface area contributed by atoms with E-state index in [0.717, 1.165) is 0 Å². The molecule has 1 nitrogen and oxygen atoms in total. The van der Waals surface area contributed by atoms with Crippen molar-refractivity contribution in [2.45, 2.75) is 99.0 Å². The Morgan fingerprint density at radius 3 is 1.11 bits per heavy atom. The third-order valence-electron chi connectivity index (χ3n) is 5.10. The molecule has 0 fully saturated rings. The van der Waals surface area contributed by atoms with Crippen LogP contribution in [0.4, 0.5) is 74.6 Å². The van der Waals surface area contributed by atoms with Crippen molar-refractivity contribution in [1.82, 2.24) is 0 Å². The van der Waals surface area contributed by atoms with Crippen LogP contribution in [0.1, 0.15) is 51.4 Å². The number of halogens is 17. The summed E-state index contributed by atoms with van der Waals surface area (Å²) in [5, 5.41) is 8.57. The molecule has 0 aliphatic rings. The van der Waals surface area contributed by atoms with Crippen molar-refractivity contribution >= 4 is 0 Å². The second-order valence-corrected chi connectivity index (χ2v) is 7.96. The summed E-state index contributed by atoms with van der Waals surface area (Å²) in [4.78, 5) is 0. The number of aliphatic hydroxyl groups excluding tert-OH is 1. The maximum Gasteiger partial charge on any atom is 0.460 e. The molecule has 0 aromatic rings. The summed E-state index contributed by atoms with van der Waals surface area (Å²) in [5.41, 5.74) is 0. The van der Waals surface area contributed by atoms with Crippen molar-refractivity contribution in [3.63, 3.8) is 0 Å². The largest absolute Gasteiger partial charge is 0.460 e. The van der Waals surface area contributed by atoms with Crippen molar-refractivity contribution < 1.29 is 79.7 Å². The summed E-state index contributed by atoms with van der Waals surface area (Å²) in [6, 6.07) is 0. The molecule has 0 bridgehead atoms. The molecule has 0 aliphatic carbocycles. The van der Waals surface area contributed by atoms with E-state index >= 15 is 0 Å². The highest BCUT2D eigenvalue weighted by Crippen LogP contribution is 2.64. The van der Waals surface area contributed by atoms with Gasteiger partial charge >= 0.3 is 47.6 Å². The number of hydrogen-bond acceptors (Lipinski definition) is 1. The number of rotatable bonds is 16. The van der Waals surface area contributed by atoms with Crippen molar-refractivity contribution in [2.75, 3.05) is 6.61 Å². The fraction of sp³-hybridized carbons (Fsp3) is 0.895. The fourth-order valence-electron chi connectivity index (χ4n) is 2.77. The molecule has 222 valence electrons. The Bertz CT molecular complexity index is 739. The Morgan fingerprint density at radius 2 is 0.730 bits per heavy atom. The first-order valence-electron chi connectivity index (χ1n) is 10.3. The number of allylic oxidation sites excluding steroid dienone is 2. The molecule has 0 saturated carbocycles. The molecule has 0 amide bonds. The lowest BCUT2D eigenvalue weighted by Crippen LogP contribution is -2.74. The summed E-state index contributed by atoms with van der Waals surface area (Å²) in [6.45, 7) is -0.0469.